The molecule has 1 aliphatic heterocycles. The van der Waals surface area contributed by atoms with Crippen molar-refractivity contribution >= 4 is 0 Å². The van der Waals surface area contributed by atoms with E-state index in [1.807, 2.05) is 0 Å². The Morgan fingerprint density at radius 2 is 1.81 bits per heavy atom. The van der Waals surface area contributed by atoms with E-state index in [-0.39, 0.29) is 5.56 Å². The first-order valence-electron chi connectivity index (χ1n) is 5.11. The van der Waals surface area contributed by atoms with E-state index in [0.717, 1.165) is 6.42 Å². The number of rotatable bonds is 1. The minimum absolute atomic E-state index is 0.289. The second kappa shape index (κ2) is 3.59. The van der Waals surface area contributed by atoms with Crippen molar-refractivity contribution in [1.82, 2.24) is 5.32 Å². The number of halogens is 2. The number of phenolic OH excluding ortho intramolecular Hbond substituents is 2. The van der Waals surface area contributed by atoms with Gasteiger partial charge in [0, 0.05) is 11.6 Å². The van der Waals surface area contributed by atoms with E-state index < -0.39 is 28.7 Å². The van der Waals surface area contributed by atoms with Crippen LogP contribution in [0.4, 0.5) is 8.78 Å². The van der Waals surface area contributed by atoms with Gasteiger partial charge >= 0.3 is 0 Å². The quantitative estimate of drug-likeness (QED) is 0.690. The van der Waals surface area contributed by atoms with E-state index in [1.54, 1.807) is 6.92 Å². The maximum atomic E-state index is 13.7. The van der Waals surface area contributed by atoms with Crippen LogP contribution in [0.5, 0.6) is 11.5 Å². The molecule has 3 N–H and O–H groups in total. The largest absolute Gasteiger partial charge is 0.505 e. The van der Waals surface area contributed by atoms with Gasteiger partial charge in [-0.25, -0.2) is 8.78 Å². The van der Waals surface area contributed by atoms with Crippen molar-refractivity contribution in [2.24, 2.45) is 0 Å². The van der Waals surface area contributed by atoms with Crippen LogP contribution in [0.1, 0.15) is 25.3 Å². The monoisotopic (exact) mass is 229 g/mol. The zero-order chi connectivity index (χ0) is 11.9. The lowest BCUT2D eigenvalue weighted by molar-refractivity contribution is 0.344. The molecule has 1 aromatic carbocycles. The lowest BCUT2D eigenvalue weighted by Crippen LogP contribution is -2.35. The van der Waals surface area contributed by atoms with E-state index in [4.69, 9.17) is 0 Å². The van der Waals surface area contributed by atoms with Crippen molar-refractivity contribution in [3.05, 3.63) is 23.3 Å². The van der Waals surface area contributed by atoms with E-state index >= 15 is 0 Å². The first kappa shape index (κ1) is 11.1. The number of nitrogens with one attached hydrogen (secondary N) is 1. The van der Waals surface area contributed by atoms with Crippen molar-refractivity contribution in [3.8, 4) is 11.5 Å². The Bertz CT molecular complexity index is 402. The maximum Gasteiger partial charge on any atom is 0.173 e. The molecule has 1 unspecified atom stereocenters. The molecule has 1 aliphatic rings. The molecule has 3 nitrogen and oxygen atoms in total. The highest BCUT2D eigenvalue weighted by Crippen LogP contribution is 2.39. The average Bonchev–Trinajstić information content (AvgIpc) is 2.63. The number of phenols is 2. The lowest BCUT2D eigenvalue weighted by atomic mass is 9.89. The Balaban J connectivity index is 2.63. The van der Waals surface area contributed by atoms with Crippen LogP contribution in [0.15, 0.2) is 6.07 Å². The van der Waals surface area contributed by atoms with E-state index in [1.165, 1.54) is 0 Å². The second-order valence-corrected chi connectivity index (χ2v) is 4.28. The van der Waals surface area contributed by atoms with Crippen LogP contribution in [0, 0.1) is 11.6 Å². The van der Waals surface area contributed by atoms with E-state index in [2.05, 4.69) is 5.32 Å². The zero-order valence-corrected chi connectivity index (χ0v) is 8.85. The van der Waals surface area contributed by atoms with Crippen molar-refractivity contribution in [1.29, 1.82) is 0 Å². The Morgan fingerprint density at radius 3 is 2.25 bits per heavy atom. The molecule has 0 aromatic heterocycles. The van der Waals surface area contributed by atoms with Gasteiger partial charge in [-0.1, -0.05) is 0 Å². The Labute approximate surface area is 91.7 Å². The van der Waals surface area contributed by atoms with Crippen LogP contribution in [0.25, 0.3) is 0 Å². The highest BCUT2D eigenvalue weighted by molar-refractivity contribution is 5.43. The summed E-state index contributed by atoms with van der Waals surface area (Å²) in [6, 6.07) is 0.673. The fraction of sp³-hybridized carbons (Fsp3) is 0.455. The van der Waals surface area contributed by atoms with E-state index in [0.29, 0.717) is 19.0 Å². The molecule has 2 rings (SSSR count). The molecule has 88 valence electrons. The zero-order valence-electron chi connectivity index (χ0n) is 8.85. The van der Waals surface area contributed by atoms with Gasteiger partial charge in [0.05, 0.1) is 5.56 Å². The first-order chi connectivity index (χ1) is 7.46. The molecule has 5 heteroatoms. The molecule has 1 fully saturated rings. The lowest BCUT2D eigenvalue weighted by Gasteiger charge is -2.26. The predicted octanol–water partition coefficient (Wildman–Crippen LogP) is 1.97. The highest BCUT2D eigenvalue weighted by Gasteiger charge is 2.37. The molecule has 1 saturated heterocycles. The van der Waals surface area contributed by atoms with Crippen molar-refractivity contribution in [2.45, 2.75) is 25.3 Å². The molecule has 0 aliphatic carbocycles. The minimum Gasteiger partial charge on any atom is -0.505 e. The summed E-state index contributed by atoms with van der Waals surface area (Å²) in [5.74, 6) is -3.48. The molecule has 1 heterocycles. The number of benzene rings is 1. The number of aromatic hydroxyl groups is 2. The summed E-state index contributed by atoms with van der Waals surface area (Å²) in [5, 5.41) is 21.5. The van der Waals surface area contributed by atoms with Crippen LogP contribution in [-0.4, -0.2) is 16.8 Å². The standard InChI is InChI=1S/C11H13F2NO2/c1-11(3-2-4-14-11)8-9(12)6(15)5-7(16)10(8)13/h5,14-16H,2-4H2,1H3. The second-order valence-electron chi connectivity index (χ2n) is 4.28. The van der Waals surface area contributed by atoms with Gasteiger partial charge in [-0.05, 0) is 26.3 Å². The van der Waals surface area contributed by atoms with Gasteiger partial charge in [-0.15, -0.1) is 0 Å². The molecule has 0 bridgehead atoms. The molecule has 1 aromatic rings. The highest BCUT2D eigenvalue weighted by atomic mass is 19.1. The predicted molar refractivity (Wildman–Crippen MR) is 54.3 cm³/mol. The summed E-state index contributed by atoms with van der Waals surface area (Å²) in [6.45, 7) is 2.31. The number of hydrogen-bond acceptors (Lipinski definition) is 3. The number of hydrogen-bond donors (Lipinski definition) is 3. The summed E-state index contributed by atoms with van der Waals surface area (Å²) in [7, 11) is 0. The third kappa shape index (κ3) is 1.51. The topological polar surface area (TPSA) is 52.5 Å². The SMILES string of the molecule is CC1(c2c(F)c(O)cc(O)c2F)CCCN1. The van der Waals surface area contributed by atoms with Crippen LogP contribution in [-0.2, 0) is 5.54 Å². The van der Waals surface area contributed by atoms with Gasteiger partial charge in [0.15, 0.2) is 23.1 Å². The molecular formula is C11H13F2NO2. The van der Waals surface area contributed by atoms with Crippen molar-refractivity contribution < 1.29 is 19.0 Å². The van der Waals surface area contributed by atoms with Gasteiger partial charge < -0.3 is 15.5 Å². The summed E-state index contributed by atoms with van der Waals surface area (Å²) in [6.07, 6.45) is 1.36. The first-order valence-corrected chi connectivity index (χ1v) is 5.11. The fourth-order valence-corrected chi connectivity index (χ4v) is 2.20. The van der Waals surface area contributed by atoms with E-state index in [9.17, 15) is 19.0 Å². The van der Waals surface area contributed by atoms with Gasteiger partial charge in [0.2, 0.25) is 0 Å². The Kier molecular flexibility index (Phi) is 2.50. The smallest absolute Gasteiger partial charge is 0.173 e. The van der Waals surface area contributed by atoms with Gasteiger partial charge in [0.1, 0.15) is 0 Å². The third-order valence-electron chi connectivity index (χ3n) is 3.08. The molecule has 16 heavy (non-hydrogen) atoms. The third-order valence-corrected chi connectivity index (χ3v) is 3.08. The normalized spacial score (nSPS) is 24.9. The van der Waals surface area contributed by atoms with Gasteiger partial charge in [-0.2, -0.15) is 0 Å². The summed E-state index contributed by atoms with van der Waals surface area (Å²) < 4.78 is 27.4. The molecule has 0 radical (unpaired) electrons. The molecule has 0 spiro atoms. The minimum atomic E-state index is -1.01. The van der Waals surface area contributed by atoms with Gasteiger partial charge in [-0.3, -0.25) is 0 Å². The Morgan fingerprint density at radius 1 is 1.25 bits per heavy atom. The molecule has 0 saturated carbocycles. The summed E-state index contributed by atoms with van der Waals surface area (Å²) >= 11 is 0. The maximum absolute atomic E-state index is 13.7. The van der Waals surface area contributed by atoms with Crippen LogP contribution in [0.2, 0.25) is 0 Å². The van der Waals surface area contributed by atoms with Crippen molar-refractivity contribution in [2.75, 3.05) is 6.54 Å². The molecule has 1 atom stereocenters. The summed E-state index contributed by atoms with van der Waals surface area (Å²) in [4.78, 5) is 0. The van der Waals surface area contributed by atoms with Crippen LogP contribution >= 0.6 is 0 Å². The van der Waals surface area contributed by atoms with Crippen molar-refractivity contribution in [3.63, 3.8) is 0 Å². The Hall–Kier alpha value is -1.36. The average molecular weight is 229 g/mol. The molecular weight excluding hydrogens is 216 g/mol. The van der Waals surface area contributed by atoms with Gasteiger partial charge in [0.25, 0.3) is 0 Å². The fourth-order valence-electron chi connectivity index (χ4n) is 2.20. The van der Waals surface area contributed by atoms with Crippen LogP contribution < -0.4 is 5.32 Å². The summed E-state index contributed by atoms with van der Waals surface area (Å²) in [5.41, 5.74) is -1.16. The molecule has 0 amide bonds. The van der Waals surface area contributed by atoms with Crippen LogP contribution in [0.3, 0.4) is 0 Å².